The Kier molecular flexibility index (Phi) is 9.71. The van der Waals surface area contributed by atoms with Crippen molar-refractivity contribution in [3.8, 4) is 0 Å². The molecule has 3 rings (SSSR count). The molecule has 166 valence electrons. The summed E-state index contributed by atoms with van der Waals surface area (Å²) >= 11 is 12.2. The molecule has 0 radical (unpaired) electrons. The van der Waals surface area contributed by atoms with Gasteiger partial charge in [-0.1, -0.05) is 35.3 Å². The molecule has 0 bridgehead atoms. The van der Waals surface area contributed by atoms with Crippen LogP contribution in [0.2, 0.25) is 10.2 Å². The van der Waals surface area contributed by atoms with Gasteiger partial charge in [-0.15, -0.1) is 24.0 Å². The molecule has 1 aliphatic heterocycles. The van der Waals surface area contributed by atoms with Gasteiger partial charge in [0, 0.05) is 44.5 Å². The molecule has 30 heavy (non-hydrogen) atoms. The third kappa shape index (κ3) is 6.02. The van der Waals surface area contributed by atoms with Crippen molar-refractivity contribution in [3.63, 3.8) is 0 Å². The summed E-state index contributed by atoms with van der Waals surface area (Å²) in [5, 5.41) is 7.74. The largest absolute Gasteiger partial charge is 0.381 e. The molecule has 1 saturated heterocycles. The van der Waals surface area contributed by atoms with Gasteiger partial charge in [-0.25, -0.2) is 9.38 Å². The van der Waals surface area contributed by atoms with Crippen molar-refractivity contribution in [2.45, 2.75) is 31.7 Å². The maximum atomic E-state index is 13.9. The zero-order valence-corrected chi connectivity index (χ0v) is 21.0. The van der Waals surface area contributed by atoms with E-state index >= 15 is 0 Å². The van der Waals surface area contributed by atoms with E-state index in [4.69, 9.17) is 27.9 Å². The van der Waals surface area contributed by atoms with Crippen molar-refractivity contribution in [2.75, 3.05) is 26.3 Å². The Morgan fingerprint density at radius 3 is 2.57 bits per heavy atom. The average Bonchev–Trinajstić information content (AvgIpc) is 2.97. The number of guanidine groups is 1. The molecule has 1 aromatic carbocycles. The summed E-state index contributed by atoms with van der Waals surface area (Å²) in [6, 6.07) is 8.69. The summed E-state index contributed by atoms with van der Waals surface area (Å²) < 4.78 is 21.3. The number of benzene rings is 1. The monoisotopic (exact) mass is 568 g/mol. The Morgan fingerprint density at radius 2 is 1.97 bits per heavy atom. The molecule has 5 nitrogen and oxygen atoms in total. The summed E-state index contributed by atoms with van der Waals surface area (Å²) in [6.45, 7) is 5.15. The minimum absolute atomic E-state index is 0. The molecule has 1 aromatic heterocycles. The molecule has 1 fully saturated rings. The van der Waals surface area contributed by atoms with Crippen molar-refractivity contribution in [1.82, 2.24) is 15.2 Å². The van der Waals surface area contributed by atoms with Crippen molar-refractivity contribution < 1.29 is 9.13 Å². The number of hydrogen-bond acceptors (Lipinski definition) is 2. The molecule has 1 aliphatic rings. The number of aromatic nitrogens is 1. The van der Waals surface area contributed by atoms with Crippen molar-refractivity contribution in [3.05, 3.63) is 57.6 Å². The molecule has 0 unspecified atom stereocenters. The first kappa shape index (κ1) is 25.2. The van der Waals surface area contributed by atoms with Gasteiger partial charge in [0.1, 0.15) is 11.0 Å². The standard InChI is InChI=1S/C21H27Cl2FN4O.HI/c1-3-25-20(26-13-17-12-18(22)19(23)28(17)2)27-14-21(7-9-29-10-8-21)15-5-4-6-16(24)11-15;/h4-6,11-12H,3,7-10,13-14H2,1-2H3,(H2,25,26,27);1H. The van der Waals surface area contributed by atoms with E-state index in [0.717, 1.165) is 30.6 Å². The SMILES string of the molecule is CCNC(=NCc1cc(Cl)c(Cl)n1C)NCC1(c2cccc(F)c2)CCOCC1.I. The molecule has 0 atom stereocenters. The third-order valence-electron chi connectivity index (χ3n) is 5.44. The first-order chi connectivity index (χ1) is 13.9. The minimum atomic E-state index is -0.216. The van der Waals surface area contributed by atoms with Crippen LogP contribution in [0.1, 0.15) is 31.0 Å². The smallest absolute Gasteiger partial charge is 0.191 e. The van der Waals surface area contributed by atoms with E-state index in [2.05, 4.69) is 15.6 Å². The van der Waals surface area contributed by atoms with Crippen LogP contribution >= 0.6 is 47.2 Å². The Morgan fingerprint density at radius 1 is 1.23 bits per heavy atom. The maximum absolute atomic E-state index is 13.9. The molecule has 0 saturated carbocycles. The van der Waals surface area contributed by atoms with Crippen LogP contribution in [0.4, 0.5) is 4.39 Å². The highest BCUT2D eigenvalue weighted by atomic mass is 127. The number of ether oxygens (including phenoxy) is 1. The van der Waals surface area contributed by atoms with Crippen molar-refractivity contribution in [2.24, 2.45) is 12.0 Å². The maximum Gasteiger partial charge on any atom is 0.191 e. The molecular formula is C21H28Cl2FIN4O. The first-order valence-corrected chi connectivity index (χ1v) is 10.6. The van der Waals surface area contributed by atoms with E-state index in [9.17, 15) is 4.39 Å². The van der Waals surface area contributed by atoms with Gasteiger partial charge in [-0.3, -0.25) is 0 Å². The molecular weight excluding hydrogens is 541 g/mol. The normalized spacial score (nSPS) is 16.1. The summed E-state index contributed by atoms with van der Waals surface area (Å²) in [6.07, 6.45) is 1.65. The first-order valence-electron chi connectivity index (χ1n) is 9.81. The van der Waals surface area contributed by atoms with Gasteiger partial charge in [-0.05, 0) is 43.5 Å². The molecule has 2 heterocycles. The number of rotatable bonds is 6. The lowest BCUT2D eigenvalue weighted by molar-refractivity contribution is 0.0513. The highest BCUT2D eigenvalue weighted by molar-refractivity contribution is 14.0. The van der Waals surface area contributed by atoms with E-state index in [1.54, 1.807) is 12.1 Å². The van der Waals surface area contributed by atoms with Gasteiger partial charge in [-0.2, -0.15) is 0 Å². The molecule has 0 amide bonds. The second-order valence-corrected chi connectivity index (χ2v) is 8.05. The molecule has 0 aliphatic carbocycles. The van der Waals surface area contributed by atoms with Crippen LogP contribution in [0.5, 0.6) is 0 Å². The highest BCUT2D eigenvalue weighted by Gasteiger charge is 2.35. The summed E-state index contributed by atoms with van der Waals surface area (Å²) in [5.74, 6) is 0.481. The second-order valence-electron chi connectivity index (χ2n) is 7.29. The van der Waals surface area contributed by atoms with Crippen LogP contribution < -0.4 is 10.6 Å². The van der Waals surface area contributed by atoms with Crippen LogP contribution in [0, 0.1) is 5.82 Å². The van der Waals surface area contributed by atoms with Crippen LogP contribution in [0.15, 0.2) is 35.3 Å². The molecule has 2 N–H and O–H groups in total. The van der Waals surface area contributed by atoms with Gasteiger partial charge in [0.25, 0.3) is 0 Å². The predicted molar refractivity (Wildman–Crippen MR) is 132 cm³/mol. The lowest BCUT2D eigenvalue weighted by atomic mass is 9.74. The number of nitrogens with one attached hydrogen (secondary N) is 2. The Hall–Kier alpha value is -1.03. The van der Waals surface area contributed by atoms with Gasteiger partial charge in [0.05, 0.1) is 11.6 Å². The Bertz CT molecular complexity index is 869. The van der Waals surface area contributed by atoms with Gasteiger partial charge in [0.15, 0.2) is 5.96 Å². The summed E-state index contributed by atoms with van der Waals surface area (Å²) in [7, 11) is 1.86. The van der Waals surface area contributed by atoms with E-state index in [0.29, 0.717) is 42.4 Å². The van der Waals surface area contributed by atoms with Gasteiger partial charge in [0.2, 0.25) is 0 Å². The van der Waals surface area contributed by atoms with Crippen molar-refractivity contribution >= 4 is 53.1 Å². The van der Waals surface area contributed by atoms with Crippen LogP contribution in [-0.4, -0.2) is 36.8 Å². The average molecular weight is 569 g/mol. The second kappa shape index (κ2) is 11.5. The zero-order valence-electron chi connectivity index (χ0n) is 17.2. The molecule has 2 aromatic rings. The summed E-state index contributed by atoms with van der Waals surface area (Å²) in [5.41, 5.74) is 1.71. The molecule has 9 heteroatoms. The Balaban J connectivity index is 0.00000320. The number of nitrogens with zero attached hydrogens (tertiary/aromatic N) is 2. The van der Waals surface area contributed by atoms with Crippen LogP contribution in [-0.2, 0) is 23.7 Å². The third-order valence-corrected chi connectivity index (χ3v) is 6.28. The summed E-state index contributed by atoms with van der Waals surface area (Å²) in [4.78, 5) is 4.68. The fraction of sp³-hybridized carbons (Fsp3) is 0.476. The quantitative estimate of drug-likeness (QED) is 0.296. The number of aliphatic imine (C=N–C) groups is 1. The van der Waals surface area contributed by atoms with E-state index in [1.807, 2.05) is 30.7 Å². The van der Waals surface area contributed by atoms with Crippen molar-refractivity contribution in [1.29, 1.82) is 0 Å². The van der Waals surface area contributed by atoms with Gasteiger partial charge < -0.3 is 19.9 Å². The van der Waals surface area contributed by atoms with E-state index < -0.39 is 0 Å². The number of halogens is 4. The fourth-order valence-electron chi connectivity index (χ4n) is 3.64. The molecule has 0 spiro atoms. The topological polar surface area (TPSA) is 50.6 Å². The Labute approximate surface area is 204 Å². The van der Waals surface area contributed by atoms with Crippen LogP contribution in [0.25, 0.3) is 0 Å². The van der Waals surface area contributed by atoms with E-state index in [-0.39, 0.29) is 35.2 Å². The number of hydrogen-bond donors (Lipinski definition) is 2. The fourth-order valence-corrected chi connectivity index (χ4v) is 4.06. The minimum Gasteiger partial charge on any atom is -0.381 e. The zero-order chi connectivity index (χ0) is 20.9. The predicted octanol–water partition coefficient (Wildman–Crippen LogP) is 4.89. The van der Waals surface area contributed by atoms with E-state index in [1.165, 1.54) is 6.07 Å². The lowest BCUT2D eigenvalue weighted by Crippen LogP contribution is -2.48. The highest BCUT2D eigenvalue weighted by Crippen LogP contribution is 2.34. The van der Waals surface area contributed by atoms with Crippen LogP contribution in [0.3, 0.4) is 0 Å². The lowest BCUT2D eigenvalue weighted by Gasteiger charge is -2.38. The van der Waals surface area contributed by atoms with Gasteiger partial charge >= 0.3 is 0 Å².